The molecule has 1 aromatic rings. The van der Waals surface area contributed by atoms with Crippen LogP contribution < -0.4 is 15.5 Å². The van der Waals surface area contributed by atoms with Gasteiger partial charge in [0, 0.05) is 11.6 Å². The molecule has 0 aliphatic rings. The minimum Gasteiger partial charge on any atom is -0.493 e. The van der Waals surface area contributed by atoms with Gasteiger partial charge in [0.2, 0.25) is 0 Å². The maximum Gasteiger partial charge on any atom is 0.329 e. The minimum atomic E-state index is -0.799. The molecule has 0 spiro atoms. The first-order chi connectivity index (χ1) is 10.0. The van der Waals surface area contributed by atoms with Crippen LogP contribution in [0.1, 0.15) is 32.8 Å². The minimum absolute atomic E-state index is 0.101. The van der Waals surface area contributed by atoms with E-state index in [1.165, 1.54) is 6.21 Å². The van der Waals surface area contributed by atoms with Crippen molar-refractivity contribution in [3.63, 3.8) is 0 Å². The Kier molecular flexibility index (Phi) is 6.94. The Bertz CT molecular complexity index is 513. The molecule has 0 saturated carbocycles. The van der Waals surface area contributed by atoms with E-state index in [-0.39, 0.29) is 6.04 Å². The highest BCUT2D eigenvalue weighted by molar-refractivity contribution is 6.35. The van der Waals surface area contributed by atoms with Crippen molar-refractivity contribution in [3.8, 4) is 5.75 Å². The van der Waals surface area contributed by atoms with Gasteiger partial charge in [0.05, 0.1) is 12.8 Å². The Hall–Kier alpha value is -2.37. The van der Waals surface area contributed by atoms with E-state index in [1.807, 2.05) is 31.2 Å². The molecule has 1 rings (SSSR count). The van der Waals surface area contributed by atoms with Crippen LogP contribution >= 0.6 is 0 Å². The molecule has 1 aromatic carbocycles. The molecule has 2 N–H and O–H groups in total. The van der Waals surface area contributed by atoms with Crippen LogP contribution in [0.25, 0.3) is 0 Å². The van der Waals surface area contributed by atoms with Crippen LogP contribution in [-0.4, -0.2) is 30.7 Å². The number of para-hydroxylation sites is 1. The second kappa shape index (κ2) is 8.73. The van der Waals surface area contributed by atoms with E-state index in [4.69, 9.17) is 4.74 Å². The average Bonchev–Trinajstić information content (AvgIpc) is 2.45. The fraction of sp³-hybridized carbons (Fsp3) is 0.400. The fourth-order valence-corrected chi connectivity index (χ4v) is 1.47. The molecule has 0 unspecified atom stereocenters. The number of hydrogen-bond acceptors (Lipinski definition) is 4. The van der Waals surface area contributed by atoms with Crippen LogP contribution in [0.5, 0.6) is 5.75 Å². The molecule has 114 valence electrons. The van der Waals surface area contributed by atoms with Gasteiger partial charge in [0.25, 0.3) is 0 Å². The van der Waals surface area contributed by atoms with Crippen LogP contribution in [0.15, 0.2) is 29.4 Å². The molecule has 0 aromatic heterocycles. The van der Waals surface area contributed by atoms with Gasteiger partial charge in [-0.05, 0) is 32.4 Å². The van der Waals surface area contributed by atoms with Crippen molar-refractivity contribution in [2.45, 2.75) is 33.2 Å². The molecule has 0 aliphatic heterocycles. The highest BCUT2D eigenvalue weighted by Gasteiger charge is 2.12. The first-order valence-corrected chi connectivity index (χ1v) is 6.90. The van der Waals surface area contributed by atoms with Crippen molar-refractivity contribution in [1.82, 2.24) is 10.7 Å². The van der Waals surface area contributed by atoms with Crippen LogP contribution in [0, 0.1) is 0 Å². The number of benzene rings is 1. The van der Waals surface area contributed by atoms with Crippen molar-refractivity contribution in [3.05, 3.63) is 29.8 Å². The Labute approximate surface area is 124 Å². The smallest absolute Gasteiger partial charge is 0.329 e. The second-order valence-corrected chi connectivity index (χ2v) is 4.71. The molecule has 0 aliphatic carbocycles. The molecule has 6 heteroatoms. The van der Waals surface area contributed by atoms with E-state index >= 15 is 0 Å². The maximum absolute atomic E-state index is 11.5. The Morgan fingerprint density at radius 1 is 1.29 bits per heavy atom. The lowest BCUT2D eigenvalue weighted by molar-refractivity contribution is -0.139. The second-order valence-electron chi connectivity index (χ2n) is 4.71. The zero-order valence-corrected chi connectivity index (χ0v) is 12.6. The van der Waals surface area contributed by atoms with E-state index in [2.05, 4.69) is 15.8 Å². The number of hydrogen-bond donors (Lipinski definition) is 2. The average molecular weight is 291 g/mol. The molecular weight excluding hydrogens is 270 g/mol. The topological polar surface area (TPSA) is 79.8 Å². The largest absolute Gasteiger partial charge is 0.493 e. The Morgan fingerprint density at radius 3 is 2.67 bits per heavy atom. The van der Waals surface area contributed by atoms with E-state index < -0.39 is 11.8 Å². The highest BCUT2D eigenvalue weighted by atomic mass is 16.5. The van der Waals surface area contributed by atoms with Gasteiger partial charge in [0.15, 0.2) is 0 Å². The lowest BCUT2D eigenvalue weighted by Crippen LogP contribution is -2.41. The highest BCUT2D eigenvalue weighted by Crippen LogP contribution is 2.15. The molecule has 0 atom stereocenters. The van der Waals surface area contributed by atoms with Crippen LogP contribution in [0.4, 0.5) is 0 Å². The van der Waals surface area contributed by atoms with Crippen LogP contribution in [0.3, 0.4) is 0 Å². The SMILES string of the molecule is CCCOc1ccccc1/C=N\NC(=O)C(=O)NC(C)C. The zero-order chi connectivity index (χ0) is 15.7. The molecule has 6 nitrogen and oxygen atoms in total. The van der Waals surface area contributed by atoms with E-state index in [0.29, 0.717) is 12.4 Å². The van der Waals surface area contributed by atoms with Crippen molar-refractivity contribution >= 4 is 18.0 Å². The summed E-state index contributed by atoms with van der Waals surface area (Å²) in [4.78, 5) is 22.8. The third-order valence-corrected chi connectivity index (χ3v) is 2.38. The summed E-state index contributed by atoms with van der Waals surface area (Å²) >= 11 is 0. The van der Waals surface area contributed by atoms with Gasteiger partial charge in [0.1, 0.15) is 5.75 Å². The number of hydrazone groups is 1. The van der Waals surface area contributed by atoms with Crippen molar-refractivity contribution in [1.29, 1.82) is 0 Å². The summed E-state index contributed by atoms with van der Waals surface area (Å²) in [5.41, 5.74) is 2.91. The summed E-state index contributed by atoms with van der Waals surface area (Å²) in [5.74, 6) is -0.825. The summed E-state index contributed by atoms with van der Waals surface area (Å²) in [6.45, 7) is 6.17. The number of amides is 2. The maximum atomic E-state index is 11.5. The number of ether oxygens (including phenoxy) is 1. The predicted molar refractivity (Wildman–Crippen MR) is 81.2 cm³/mol. The van der Waals surface area contributed by atoms with Gasteiger partial charge in [-0.15, -0.1) is 0 Å². The summed E-state index contributed by atoms with van der Waals surface area (Å²) in [7, 11) is 0. The standard InChI is InChI=1S/C15H21N3O3/c1-4-9-21-13-8-6-5-7-12(13)10-16-18-15(20)14(19)17-11(2)3/h5-8,10-11H,4,9H2,1-3H3,(H,17,19)(H,18,20)/b16-10-. The van der Waals surface area contributed by atoms with Crippen LogP contribution in [-0.2, 0) is 9.59 Å². The van der Waals surface area contributed by atoms with Crippen molar-refractivity contribution in [2.75, 3.05) is 6.61 Å². The number of nitrogens with one attached hydrogen (secondary N) is 2. The lowest BCUT2D eigenvalue weighted by atomic mass is 10.2. The summed E-state index contributed by atoms with van der Waals surface area (Å²) in [6, 6.07) is 7.24. The van der Waals surface area contributed by atoms with Crippen LogP contribution in [0.2, 0.25) is 0 Å². The quantitative estimate of drug-likeness (QED) is 0.473. The number of carbonyl (C=O) groups is 2. The summed E-state index contributed by atoms with van der Waals surface area (Å²) < 4.78 is 5.56. The Morgan fingerprint density at radius 2 is 2.00 bits per heavy atom. The lowest BCUT2D eigenvalue weighted by Gasteiger charge is -2.08. The third-order valence-electron chi connectivity index (χ3n) is 2.38. The zero-order valence-electron chi connectivity index (χ0n) is 12.6. The summed E-state index contributed by atoms with van der Waals surface area (Å²) in [5, 5.41) is 6.25. The van der Waals surface area contributed by atoms with Gasteiger partial charge in [-0.2, -0.15) is 5.10 Å². The number of nitrogens with zero attached hydrogens (tertiary/aromatic N) is 1. The molecule has 21 heavy (non-hydrogen) atoms. The molecule has 0 radical (unpaired) electrons. The van der Waals surface area contributed by atoms with Crippen molar-refractivity contribution < 1.29 is 14.3 Å². The van der Waals surface area contributed by atoms with Gasteiger partial charge in [-0.1, -0.05) is 19.1 Å². The monoisotopic (exact) mass is 291 g/mol. The van der Waals surface area contributed by atoms with Gasteiger partial charge in [-0.3, -0.25) is 9.59 Å². The van der Waals surface area contributed by atoms with E-state index in [1.54, 1.807) is 13.8 Å². The molecule has 2 amide bonds. The number of carbonyl (C=O) groups excluding carboxylic acids is 2. The molecule has 0 heterocycles. The fourth-order valence-electron chi connectivity index (χ4n) is 1.47. The number of rotatable bonds is 6. The van der Waals surface area contributed by atoms with Crippen molar-refractivity contribution in [2.24, 2.45) is 5.10 Å². The molecular formula is C15H21N3O3. The summed E-state index contributed by atoms with van der Waals surface area (Å²) in [6.07, 6.45) is 2.35. The van der Waals surface area contributed by atoms with E-state index in [0.717, 1.165) is 12.0 Å². The molecule has 0 fully saturated rings. The van der Waals surface area contributed by atoms with Gasteiger partial charge in [-0.25, -0.2) is 5.43 Å². The first-order valence-electron chi connectivity index (χ1n) is 6.90. The van der Waals surface area contributed by atoms with Gasteiger partial charge >= 0.3 is 11.8 Å². The Balaban J connectivity index is 2.60. The third kappa shape index (κ3) is 6.07. The predicted octanol–water partition coefficient (Wildman–Crippen LogP) is 1.45. The first kappa shape index (κ1) is 16.7. The molecule has 0 saturated heterocycles. The van der Waals surface area contributed by atoms with Gasteiger partial charge < -0.3 is 10.1 Å². The van der Waals surface area contributed by atoms with E-state index in [9.17, 15) is 9.59 Å². The normalized spacial score (nSPS) is 10.7. The molecule has 0 bridgehead atoms.